The molecule has 0 saturated heterocycles. The molecule has 0 aromatic carbocycles. The van der Waals surface area contributed by atoms with E-state index in [9.17, 15) is 4.79 Å². The van der Waals surface area contributed by atoms with Crippen molar-refractivity contribution in [2.75, 3.05) is 17.6 Å². The molecular weight excluding hydrogens is 216 g/mol. The van der Waals surface area contributed by atoms with Gasteiger partial charge in [0.15, 0.2) is 0 Å². The van der Waals surface area contributed by atoms with E-state index in [1.807, 2.05) is 6.07 Å². The van der Waals surface area contributed by atoms with Crippen molar-refractivity contribution in [1.82, 2.24) is 10.3 Å². The van der Waals surface area contributed by atoms with E-state index < -0.39 is 0 Å². The minimum Gasteiger partial charge on any atom is -0.385 e. The Labute approximate surface area is 101 Å². The van der Waals surface area contributed by atoms with Gasteiger partial charge in [-0.2, -0.15) is 0 Å². The van der Waals surface area contributed by atoms with Gasteiger partial charge >= 0.3 is 0 Å². The van der Waals surface area contributed by atoms with Crippen molar-refractivity contribution in [3.63, 3.8) is 0 Å². The smallest absolute Gasteiger partial charge is 0.220 e. The zero-order valence-electron chi connectivity index (χ0n) is 9.78. The summed E-state index contributed by atoms with van der Waals surface area (Å²) in [6, 6.07) is 4.10. The second-order valence-electron chi connectivity index (χ2n) is 4.34. The molecule has 1 aromatic rings. The lowest BCUT2D eigenvalue weighted by Gasteiger charge is -2.06. The molecule has 1 saturated carbocycles. The van der Waals surface area contributed by atoms with Crippen LogP contribution in [0.4, 0.5) is 11.5 Å². The molecule has 0 bridgehead atoms. The number of carbonyl (C=O) groups excluding carboxylic acids is 1. The maximum Gasteiger partial charge on any atom is 0.220 e. The van der Waals surface area contributed by atoms with Crippen molar-refractivity contribution in [2.24, 2.45) is 0 Å². The van der Waals surface area contributed by atoms with Gasteiger partial charge < -0.3 is 16.4 Å². The Balaban J connectivity index is 1.60. The zero-order chi connectivity index (χ0) is 12.1. The molecule has 5 heteroatoms. The number of nitrogens with two attached hydrogens (primary N) is 1. The minimum absolute atomic E-state index is 0.156. The van der Waals surface area contributed by atoms with Crippen LogP contribution < -0.4 is 16.4 Å². The van der Waals surface area contributed by atoms with Gasteiger partial charge in [-0.3, -0.25) is 4.79 Å². The highest BCUT2D eigenvalue weighted by Crippen LogP contribution is 2.18. The van der Waals surface area contributed by atoms with E-state index in [0.29, 0.717) is 18.3 Å². The van der Waals surface area contributed by atoms with E-state index in [4.69, 9.17) is 5.73 Å². The van der Waals surface area contributed by atoms with Crippen molar-refractivity contribution < 1.29 is 4.79 Å². The summed E-state index contributed by atoms with van der Waals surface area (Å²) in [7, 11) is 0. The lowest BCUT2D eigenvalue weighted by atomic mass is 10.3. The molecule has 0 spiro atoms. The lowest BCUT2D eigenvalue weighted by molar-refractivity contribution is -0.121. The van der Waals surface area contributed by atoms with E-state index >= 15 is 0 Å². The Kier molecular flexibility index (Phi) is 3.80. The maximum atomic E-state index is 11.4. The Bertz CT molecular complexity index is 390. The fourth-order valence-corrected chi connectivity index (χ4v) is 1.57. The number of nitrogen functional groups attached to an aromatic ring is 1. The van der Waals surface area contributed by atoms with Crippen LogP contribution in [0.2, 0.25) is 0 Å². The van der Waals surface area contributed by atoms with Gasteiger partial charge in [0.05, 0.1) is 0 Å². The summed E-state index contributed by atoms with van der Waals surface area (Å²) < 4.78 is 0. The molecular formula is C12H18N4O. The van der Waals surface area contributed by atoms with Crippen molar-refractivity contribution in [3.05, 3.63) is 18.3 Å². The number of rotatable bonds is 6. The standard InChI is InChI=1S/C12H18N4O/c13-11-8-10(5-7-15-11)14-6-1-2-12(17)16-9-3-4-9/h5,7-9H,1-4,6H2,(H,16,17)(H3,13,14,15). The number of nitrogens with zero attached hydrogens (tertiary/aromatic N) is 1. The quantitative estimate of drug-likeness (QED) is 0.645. The fraction of sp³-hybridized carbons (Fsp3) is 0.500. The average Bonchev–Trinajstić information content (AvgIpc) is 3.08. The lowest BCUT2D eigenvalue weighted by Crippen LogP contribution is -2.25. The van der Waals surface area contributed by atoms with Gasteiger partial charge in [0.25, 0.3) is 0 Å². The van der Waals surface area contributed by atoms with Crippen LogP contribution in [0.3, 0.4) is 0 Å². The number of carbonyl (C=O) groups is 1. The number of pyridine rings is 1. The largest absolute Gasteiger partial charge is 0.385 e. The third-order valence-electron chi connectivity index (χ3n) is 2.63. The van der Waals surface area contributed by atoms with Crippen molar-refractivity contribution in [2.45, 2.75) is 31.7 Å². The normalized spacial score (nSPS) is 14.4. The molecule has 0 unspecified atom stereocenters. The van der Waals surface area contributed by atoms with Gasteiger partial charge in [-0.1, -0.05) is 0 Å². The van der Waals surface area contributed by atoms with Gasteiger partial charge in [-0.05, 0) is 25.3 Å². The van der Waals surface area contributed by atoms with Crippen molar-refractivity contribution in [1.29, 1.82) is 0 Å². The van der Waals surface area contributed by atoms with Crippen LogP contribution in [0, 0.1) is 0 Å². The second kappa shape index (κ2) is 5.52. The minimum atomic E-state index is 0.156. The molecule has 5 nitrogen and oxygen atoms in total. The first-order valence-corrected chi connectivity index (χ1v) is 5.99. The number of anilines is 2. The second-order valence-corrected chi connectivity index (χ2v) is 4.34. The first-order valence-electron chi connectivity index (χ1n) is 5.99. The van der Waals surface area contributed by atoms with Crippen molar-refractivity contribution in [3.8, 4) is 0 Å². The van der Waals surface area contributed by atoms with E-state index in [-0.39, 0.29) is 5.91 Å². The zero-order valence-corrected chi connectivity index (χ0v) is 9.78. The van der Waals surface area contributed by atoms with Gasteiger partial charge in [-0.25, -0.2) is 4.98 Å². The molecule has 92 valence electrons. The molecule has 0 aliphatic heterocycles. The van der Waals surface area contributed by atoms with Crippen LogP contribution in [0.5, 0.6) is 0 Å². The SMILES string of the molecule is Nc1cc(NCCCC(=O)NC2CC2)ccn1. The average molecular weight is 234 g/mol. The molecule has 1 aliphatic carbocycles. The molecule has 0 atom stereocenters. The molecule has 1 heterocycles. The van der Waals surface area contributed by atoms with Gasteiger partial charge in [0, 0.05) is 37.0 Å². The number of hydrogen-bond donors (Lipinski definition) is 3. The third-order valence-corrected chi connectivity index (χ3v) is 2.63. The number of aromatic nitrogens is 1. The predicted molar refractivity (Wildman–Crippen MR) is 67.5 cm³/mol. The summed E-state index contributed by atoms with van der Waals surface area (Å²) in [6.45, 7) is 0.765. The summed E-state index contributed by atoms with van der Waals surface area (Å²) in [5, 5.41) is 6.17. The molecule has 17 heavy (non-hydrogen) atoms. The van der Waals surface area contributed by atoms with E-state index in [1.54, 1.807) is 12.3 Å². The highest BCUT2D eigenvalue weighted by Gasteiger charge is 2.22. The van der Waals surface area contributed by atoms with Gasteiger partial charge in [0.2, 0.25) is 5.91 Å². The molecule has 0 radical (unpaired) electrons. The van der Waals surface area contributed by atoms with Crippen LogP contribution in [-0.4, -0.2) is 23.5 Å². The summed E-state index contributed by atoms with van der Waals surface area (Å²) in [6.07, 6.45) is 5.34. The predicted octanol–water partition coefficient (Wildman–Crippen LogP) is 1.13. The van der Waals surface area contributed by atoms with Crippen LogP contribution in [0.1, 0.15) is 25.7 Å². The molecule has 1 amide bonds. The molecule has 1 aliphatic rings. The van der Waals surface area contributed by atoms with Gasteiger partial charge in [0.1, 0.15) is 5.82 Å². The van der Waals surface area contributed by atoms with Crippen LogP contribution >= 0.6 is 0 Å². The van der Waals surface area contributed by atoms with Crippen LogP contribution in [-0.2, 0) is 4.79 Å². The van der Waals surface area contributed by atoms with E-state index in [0.717, 1.165) is 31.5 Å². The fourth-order valence-electron chi connectivity index (χ4n) is 1.57. The first kappa shape index (κ1) is 11.7. The number of nitrogens with one attached hydrogen (secondary N) is 2. The monoisotopic (exact) mass is 234 g/mol. The maximum absolute atomic E-state index is 11.4. The van der Waals surface area contributed by atoms with E-state index in [2.05, 4.69) is 15.6 Å². The summed E-state index contributed by atoms with van der Waals surface area (Å²) in [5.74, 6) is 0.657. The summed E-state index contributed by atoms with van der Waals surface area (Å²) in [5.41, 5.74) is 6.50. The highest BCUT2D eigenvalue weighted by atomic mass is 16.1. The highest BCUT2D eigenvalue weighted by molar-refractivity contribution is 5.76. The Morgan fingerprint density at radius 1 is 1.53 bits per heavy atom. The molecule has 4 N–H and O–H groups in total. The molecule has 1 aromatic heterocycles. The first-order chi connectivity index (χ1) is 8.24. The Morgan fingerprint density at radius 3 is 3.06 bits per heavy atom. The molecule has 1 fully saturated rings. The Hall–Kier alpha value is -1.78. The Morgan fingerprint density at radius 2 is 2.35 bits per heavy atom. The van der Waals surface area contributed by atoms with Crippen molar-refractivity contribution >= 4 is 17.4 Å². The van der Waals surface area contributed by atoms with E-state index in [1.165, 1.54) is 0 Å². The summed E-state index contributed by atoms with van der Waals surface area (Å²) in [4.78, 5) is 15.3. The number of amides is 1. The van der Waals surface area contributed by atoms with Crippen LogP contribution in [0.15, 0.2) is 18.3 Å². The number of hydrogen-bond acceptors (Lipinski definition) is 4. The summed E-state index contributed by atoms with van der Waals surface area (Å²) >= 11 is 0. The topological polar surface area (TPSA) is 80.0 Å². The van der Waals surface area contributed by atoms with Crippen LogP contribution in [0.25, 0.3) is 0 Å². The van der Waals surface area contributed by atoms with Gasteiger partial charge in [-0.15, -0.1) is 0 Å². The third kappa shape index (κ3) is 4.30. The molecule has 2 rings (SSSR count).